The van der Waals surface area contributed by atoms with Crippen molar-refractivity contribution in [3.05, 3.63) is 157 Å². The van der Waals surface area contributed by atoms with E-state index in [1.807, 2.05) is 0 Å². The summed E-state index contributed by atoms with van der Waals surface area (Å²) in [5.41, 5.74) is 16.2. The largest absolute Gasteiger partial charge is 0.0654 e. The highest BCUT2D eigenvalue weighted by atomic mass is 14.4. The summed E-state index contributed by atoms with van der Waals surface area (Å²) >= 11 is 0. The Morgan fingerprint density at radius 2 is 0.667 bits per heavy atom. The minimum Gasteiger partial charge on any atom is -0.0654 e. The number of unbranched alkanes of at least 4 members (excludes halogenated alkanes) is 2. The highest BCUT2D eigenvalue weighted by molar-refractivity contribution is 5.86. The SMILES string of the molecule is CCCCC1(CCCC)c2cc(-c3ccc(-c4ccccc4)cc3)ccc2-c2ccc(-c3ccc(-c4ccccc4)cc3)cc21. The van der Waals surface area contributed by atoms with Crippen molar-refractivity contribution in [2.75, 3.05) is 0 Å². The Labute approximate surface area is 269 Å². The van der Waals surface area contributed by atoms with Gasteiger partial charge in [-0.2, -0.15) is 0 Å². The second-order valence-electron chi connectivity index (χ2n) is 12.7. The van der Waals surface area contributed by atoms with Crippen molar-refractivity contribution < 1.29 is 0 Å². The lowest BCUT2D eigenvalue weighted by Crippen LogP contribution is -2.25. The normalized spacial score (nSPS) is 12.9. The van der Waals surface area contributed by atoms with E-state index in [0.717, 1.165) is 0 Å². The van der Waals surface area contributed by atoms with Gasteiger partial charge in [0.2, 0.25) is 0 Å². The molecule has 1 aliphatic rings. The Bertz CT molecular complexity index is 1730. The lowest BCUT2D eigenvalue weighted by Gasteiger charge is -2.33. The summed E-state index contributed by atoms with van der Waals surface area (Å²) in [4.78, 5) is 0. The van der Waals surface area contributed by atoms with Crippen LogP contribution in [0.2, 0.25) is 0 Å². The Morgan fingerprint density at radius 3 is 1.02 bits per heavy atom. The van der Waals surface area contributed by atoms with E-state index in [0.29, 0.717) is 0 Å². The van der Waals surface area contributed by atoms with E-state index < -0.39 is 0 Å². The predicted molar refractivity (Wildman–Crippen MR) is 193 cm³/mol. The van der Waals surface area contributed by atoms with Gasteiger partial charge in [-0.05, 0) is 91.7 Å². The van der Waals surface area contributed by atoms with Gasteiger partial charge in [0.1, 0.15) is 0 Å². The maximum absolute atomic E-state index is 2.53. The molecule has 6 aromatic rings. The van der Waals surface area contributed by atoms with Gasteiger partial charge in [0.25, 0.3) is 0 Å². The molecule has 0 fully saturated rings. The van der Waals surface area contributed by atoms with Crippen molar-refractivity contribution in [1.82, 2.24) is 0 Å². The third-order valence-electron chi connectivity index (χ3n) is 9.93. The van der Waals surface area contributed by atoms with Crippen LogP contribution in [0.3, 0.4) is 0 Å². The summed E-state index contributed by atoms with van der Waals surface area (Å²) in [6.07, 6.45) is 7.26. The second kappa shape index (κ2) is 12.7. The standard InChI is InChI=1S/C45H42/c1-3-5-29-45(30-6-4-2)43-31-39(37-21-17-35(18-22-37)33-13-9-7-10-14-33)25-27-41(43)42-28-26-40(32-44(42)45)38-23-19-36(20-24-38)34-15-11-8-12-16-34/h7-28,31-32H,3-6,29-30H2,1-2H3. The number of benzene rings is 6. The van der Waals surface area contributed by atoms with Crippen molar-refractivity contribution in [3.63, 3.8) is 0 Å². The Hall–Kier alpha value is -4.68. The molecule has 0 heteroatoms. The van der Waals surface area contributed by atoms with Gasteiger partial charge in [-0.25, -0.2) is 0 Å². The van der Waals surface area contributed by atoms with Crippen LogP contribution in [0.15, 0.2) is 146 Å². The van der Waals surface area contributed by atoms with Crippen LogP contribution in [0.1, 0.15) is 63.5 Å². The number of rotatable bonds is 10. The first-order chi connectivity index (χ1) is 22.2. The minimum atomic E-state index is 0.0384. The Morgan fingerprint density at radius 1 is 0.356 bits per heavy atom. The quantitative estimate of drug-likeness (QED) is 0.151. The predicted octanol–water partition coefficient (Wildman–Crippen LogP) is 13.0. The van der Waals surface area contributed by atoms with Crippen LogP contribution < -0.4 is 0 Å². The fraction of sp³-hybridized carbons (Fsp3) is 0.200. The third kappa shape index (κ3) is 5.55. The lowest BCUT2D eigenvalue weighted by molar-refractivity contribution is 0.414. The van der Waals surface area contributed by atoms with E-state index in [2.05, 4.69) is 159 Å². The number of hydrogen-bond donors (Lipinski definition) is 0. The van der Waals surface area contributed by atoms with Crippen molar-refractivity contribution in [2.45, 2.75) is 57.8 Å². The van der Waals surface area contributed by atoms with Crippen molar-refractivity contribution in [3.8, 4) is 55.6 Å². The summed E-state index contributed by atoms with van der Waals surface area (Å²) in [6.45, 7) is 4.67. The van der Waals surface area contributed by atoms with Gasteiger partial charge in [-0.15, -0.1) is 0 Å². The zero-order chi connectivity index (χ0) is 30.6. The average molecular weight is 583 g/mol. The van der Waals surface area contributed by atoms with Crippen LogP contribution >= 0.6 is 0 Å². The molecule has 222 valence electrons. The molecule has 0 radical (unpaired) electrons. The molecule has 7 rings (SSSR count). The molecule has 0 aromatic heterocycles. The first-order valence-electron chi connectivity index (χ1n) is 16.8. The molecule has 0 saturated heterocycles. The summed E-state index contributed by atoms with van der Waals surface area (Å²) in [5, 5.41) is 0. The summed E-state index contributed by atoms with van der Waals surface area (Å²) in [5.74, 6) is 0. The average Bonchev–Trinajstić information content (AvgIpc) is 3.39. The Kier molecular flexibility index (Phi) is 8.23. The van der Waals surface area contributed by atoms with Crippen LogP contribution in [0.4, 0.5) is 0 Å². The molecule has 0 spiro atoms. The fourth-order valence-corrected chi connectivity index (χ4v) is 7.45. The van der Waals surface area contributed by atoms with Gasteiger partial charge in [-0.1, -0.05) is 173 Å². The molecule has 6 aromatic carbocycles. The van der Waals surface area contributed by atoms with Crippen molar-refractivity contribution >= 4 is 0 Å². The van der Waals surface area contributed by atoms with Crippen molar-refractivity contribution in [2.24, 2.45) is 0 Å². The first-order valence-corrected chi connectivity index (χ1v) is 16.8. The number of fused-ring (bicyclic) bond motifs is 3. The molecule has 0 atom stereocenters. The van der Waals surface area contributed by atoms with Crippen LogP contribution in [0, 0.1) is 0 Å². The van der Waals surface area contributed by atoms with E-state index in [4.69, 9.17) is 0 Å². The summed E-state index contributed by atoms with van der Waals surface area (Å²) in [6, 6.07) is 54.1. The topological polar surface area (TPSA) is 0 Å². The molecule has 0 aliphatic heterocycles. The second-order valence-corrected chi connectivity index (χ2v) is 12.7. The maximum Gasteiger partial charge on any atom is 0.0215 e. The molecule has 0 saturated carbocycles. The molecule has 0 unspecified atom stereocenters. The Balaban J connectivity index is 1.29. The molecule has 0 bridgehead atoms. The van der Waals surface area contributed by atoms with E-state index >= 15 is 0 Å². The van der Waals surface area contributed by atoms with E-state index in [1.54, 1.807) is 0 Å². The fourth-order valence-electron chi connectivity index (χ4n) is 7.45. The molecule has 0 N–H and O–H groups in total. The summed E-state index contributed by atoms with van der Waals surface area (Å²) < 4.78 is 0. The van der Waals surface area contributed by atoms with E-state index in [1.165, 1.54) is 105 Å². The van der Waals surface area contributed by atoms with Crippen LogP contribution in [-0.2, 0) is 5.41 Å². The molecular weight excluding hydrogens is 540 g/mol. The lowest BCUT2D eigenvalue weighted by atomic mass is 9.70. The summed E-state index contributed by atoms with van der Waals surface area (Å²) in [7, 11) is 0. The van der Waals surface area contributed by atoms with Gasteiger partial charge >= 0.3 is 0 Å². The molecule has 0 heterocycles. The molecule has 45 heavy (non-hydrogen) atoms. The van der Waals surface area contributed by atoms with Gasteiger partial charge in [0.05, 0.1) is 0 Å². The molecular formula is C45H42. The van der Waals surface area contributed by atoms with Crippen LogP contribution in [0.5, 0.6) is 0 Å². The van der Waals surface area contributed by atoms with Gasteiger partial charge in [0.15, 0.2) is 0 Å². The van der Waals surface area contributed by atoms with E-state index in [-0.39, 0.29) is 5.41 Å². The third-order valence-corrected chi connectivity index (χ3v) is 9.93. The first kappa shape index (κ1) is 29.1. The van der Waals surface area contributed by atoms with Gasteiger partial charge < -0.3 is 0 Å². The highest BCUT2D eigenvalue weighted by Gasteiger charge is 2.42. The van der Waals surface area contributed by atoms with Crippen LogP contribution in [0.25, 0.3) is 55.6 Å². The number of hydrogen-bond acceptors (Lipinski definition) is 0. The molecule has 1 aliphatic carbocycles. The van der Waals surface area contributed by atoms with Crippen molar-refractivity contribution in [1.29, 1.82) is 0 Å². The minimum absolute atomic E-state index is 0.0384. The molecule has 0 nitrogen and oxygen atoms in total. The van der Waals surface area contributed by atoms with Gasteiger partial charge in [-0.3, -0.25) is 0 Å². The zero-order valence-electron chi connectivity index (χ0n) is 26.6. The maximum atomic E-state index is 2.53. The monoisotopic (exact) mass is 582 g/mol. The van der Waals surface area contributed by atoms with E-state index in [9.17, 15) is 0 Å². The smallest absolute Gasteiger partial charge is 0.0215 e. The highest BCUT2D eigenvalue weighted by Crippen LogP contribution is 2.55. The van der Waals surface area contributed by atoms with Crippen LogP contribution in [-0.4, -0.2) is 0 Å². The van der Waals surface area contributed by atoms with Gasteiger partial charge in [0, 0.05) is 5.41 Å². The zero-order valence-corrected chi connectivity index (χ0v) is 26.6. The molecule has 0 amide bonds.